The van der Waals surface area contributed by atoms with E-state index in [4.69, 9.17) is 0 Å². The first-order valence-corrected chi connectivity index (χ1v) is 8.42. The Morgan fingerprint density at radius 3 is 2.80 bits per heavy atom. The maximum Gasteiger partial charge on any atom is 0.223 e. The first kappa shape index (κ1) is 15.6. The fourth-order valence-electron chi connectivity index (χ4n) is 3.12. The molecule has 0 aromatic rings. The van der Waals surface area contributed by atoms with E-state index in [0.717, 1.165) is 38.5 Å². The van der Waals surface area contributed by atoms with Crippen LogP contribution < -0.4 is 5.32 Å². The maximum atomic E-state index is 12.0. The third-order valence-electron chi connectivity index (χ3n) is 4.66. The molecule has 3 heteroatoms. The number of nitrogens with one attached hydrogen (secondary N) is 1. The number of likely N-dealkylation sites (tertiary alicyclic amines) is 1. The number of hydrogen-bond donors (Lipinski definition) is 1. The molecule has 1 aliphatic heterocycles. The van der Waals surface area contributed by atoms with Gasteiger partial charge in [-0.3, -0.25) is 4.79 Å². The highest BCUT2D eigenvalue weighted by molar-refractivity contribution is 5.76. The number of rotatable bonds is 6. The van der Waals surface area contributed by atoms with Gasteiger partial charge in [0.05, 0.1) is 0 Å². The molecule has 0 unspecified atom stereocenters. The van der Waals surface area contributed by atoms with Crippen molar-refractivity contribution in [3.63, 3.8) is 0 Å². The number of amides is 1. The SMILES string of the molecule is CC1CCN(C(=O)CCNCCC2=CCCCC2)CC1. The average molecular weight is 278 g/mol. The lowest BCUT2D eigenvalue weighted by Gasteiger charge is -2.30. The summed E-state index contributed by atoms with van der Waals surface area (Å²) in [6.45, 7) is 6.07. The molecule has 0 bridgehead atoms. The summed E-state index contributed by atoms with van der Waals surface area (Å²) in [4.78, 5) is 14.1. The topological polar surface area (TPSA) is 32.3 Å². The summed E-state index contributed by atoms with van der Waals surface area (Å²) in [5.41, 5.74) is 1.61. The largest absolute Gasteiger partial charge is 0.343 e. The highest BCUT2D eigenvalue weighted by Gasteiger charge is 2.19. The lowest BCUT2D eigenvalue weighted by molar-refractivity contribution is -0.132. The monoisotopic (exact) mass is 278 g/mol. The van der Waals surface area contributed by atoms with E-state index in [1.54, 1.807) is 5.57 Å². The first-order valence-electron chi connectivity index (χ1n) is 8.42. The molecule has 1 fully saturated rings. The van der Waals surface area contributed by atoms with Crippen molar-refractivity contribution in [2.24, 2.45) is 5.92 Å². The molecule has 2 aliphatic rings. The number of piperidine rings is 1. The van der Waals surface area contributed by atoms with E-state index in [-0.39, 0.29) is 0 Å². The molecular formula is C17H30N2O. The van der Waals surface area contributed by atoms with Gasteiger partial charge >= 0.3 is 0 Å². The molecule has 1 N–H and O–H groups in total. The van der Waals surface area contributed by atoms with Gasteiger partial charge in [-0.1, -0.05) is 18.6 Å². The minimum Gasteiger partial charge on any atom is -0.343 e. The normalized spacial score (nSPS) is 20.9. The minimum absolute atomic E-state index is 0.335. The summed E-state index contributed by atoms with van der Waals surface area (Å²) in [6, 6.07) is 0. The van der Waals surface area contributed by atoms with E-state index < -0.39 is 0 Å². The van der Waals surface area contributed by atoms with Gasteiger partial charge in [0.15, 0.2) is 0 Å². The summed E-state index contributed by atoms with van der Waals surface area (Å²) in [5.74, 6) is 1.13. The lowest BCUT2D eigenvalue weighted by atomic mass is 9.97. The smallest absolute Gasteiger partial charge is 0.223 e. The van der Waals surface area contributed by atoms with Gasteiger partial charge < -0.3 is 10.2 Å². The van der Waals surface area contributed by atoms with Gasteiger partial charge in [0.1, 0.15) is 0 Å². The molecule has 1 saturated heterocycles. The van der Waals surface area contributed by atoms with E-state index in [0.29, 0.717) is 12.3 Å². The van der Waals surface area contributed by atoms with Crippen LogP contribution in [0.5, 0.6) is 0 Å². The fraction of sp³-hybridized carbons (Fsp3) is 0.824. The van der Waals surface area contributed by atoms with Crippen LogP contribution in [0.15, 0.2) is 11.6 Å². The lowest BCUT2D eigenvalue weighted by Crippen LogP contribution is -2.39. The average Bonchev–Trinajstić information content (AvgIpc) is 2.48. The Balaban J connectivity index is 1.52. The van der Waals surface area contributed by atoms with E-state index in [1.807, 2.05) is 4.90 Å². The Morgan fingerprint density at radius 1 is 1.30 bits per heavy atom. The highest BCUT2D eigenvalue weighted by atomic mass is 16.2. The standard InChI is InChI=1S/C17H30N2O/c1-15-9-13-19(14-10-15)17(20)8-12-18-11-7-16-5-3-2-4-6-16/h5,15,18H,2-4,6-14H2,1H3. The van der Waals surface area contributed by atoms with E-state index in [2.05, 4.69) is 18.3 Å². The molecule has 2 rings (SSSR count). The van der Waals surface area contributed by atoms with Crippen LogP contribution in [-0.2, 0) is 4.79 Å². The van der Waals surface area contributed by atoms with Crippen molar-refractivity contribution in [1.82, 2.24) is 10.2 Å². The molecule has 3 nitrogen and oxygen atoms in total. The Hall–Kier alpha value is -0.830. The van der Waals surface area contributed by atoms with Gasteiger partial charge in [0, 0.05) is 26.1 Å². The predicted octanol–water partition coefficient (Wildman–Crippen LogP) is 3.12. The van der Waals surface area contributed by atoms with Gasteiger partial charge in [-0.2, -0.15) is 0 Å². The molecule has 0 saturated carbocycles. The van der Waals surface area contributed by atoms with Crippen molar-refractivity contribution < 1.29 is 4.79 Å². The molecule has 1 heterocycles. The molecule has 0 radical (unpaired) electrons. The second kappa shape index (κ2) is 8.46. The van der Waals surface area contributed by atoms with Crippen LogP contribution in [0.3, 0.4) is 0 Å². The van der Waals surface area contributed by atoms with Gasteiger partial charge in [0.2, 0.25) is 5.91 Å². The summed E-state index contributed by atoms with van der Waals surface area (Å²) < 4.78 is 0. The zero-order valence-corrected chi connectivity index (χ0v) is 13.0. The van der Waals surface area contributed by atoms with E-state index in [9.17, 15) is 4.79 Å². The van der Waals surface area contributed by atoms with Crippen molar-refractivity contribution in [2.45, 2.75) is 58.3 Å². The van der Waals surface area contributed by atoms with Gasteiger partial charge in [-0.15, -0.1) is 0 Å². The van der Waals surface area contributed by atoms with Gasteiger partial charge in [-0.25, -0.2) is 0 Å². The van der Waals surface area contributed by atoms with E-state index in [1.165, 1.54) is 38.5 Å². The van der Waals surface area contributed by atoms with Crippen LogP contribution in [0.25, 0.3) is 0 Å². The second-order valence-electron chi connectivity index (χ2n) is 6.42. The van der Waals surface area contributed by atoms with Gasteiger partial charge in [0.25, 0.3) is 0 Å². The molecular weight excluding hydrogens is 248 g/mol. The predicted molar refractivity (Wildman–Crippen MR) is 83.6 cm³/mol. The molecule has 0 aromatic carbocycles. The van der Waals surface area contributed by atoms with Crippen LogP contribution in [0.2, 0.25) is 0 Å². The maximum absolute atomic E-state index is 12.0. The quantitative estimate of drug-likeness (QED) is 0.598. The van der Waals surface area contributed by atoms with E-state index >= 15 is 0 Å². The molecule has 20 heavy (non-hydrogen) atoms. The summed E-state index contributed by atoms with van der Waals surface area (Å²) in [7, 11) is 0. The number of hydrogen-bond acceptors (Lipinski definition) is 2. The first-order chi connectivity index (χ1) is 9.75. The number of carbonyl (C=O) groups excluding carboxylic acids is 1. The molecule has 0 atom stereocenters. The van der Waals surface area contributed by atoms with Gasteiger partial charge in [-0.05, 0) is 57.4 Å². The van der Waals surface area contributed by atoms with Crippen LogP contribution in [0.1, 0.15) is 58.3 Å². The number of allylic oxidation sites excluding steroid dienone is 1. The molecule has 1 aliphatic carbocycles. The number of nitrogens with zero attached hydrogens (tertiary/aromatic N) is 1. The van der Waals surface area contributed by atoms with Crippen LogP contribution in [0, 0.1) is 5.92 Å². The van der Waals surface area contributed by atoms with Crippen molar-refractivity contribution in [3.05, 3.63) is 11.6 Å². The summed E-state index contributed by atoms with van der Waals surface area (Å²) in [5, 5.41) is 3.42. The molecule has 114 valence electrons. The zero-order chi connectivity index (χ0) is 14.2. The molecule has 0 spiro atoms. The second-order valence-corrected chi connectivity index (χ2v) is 6.42. The Bertz CT molecular complexity index is 330. The van der Waals surface area contributed by atoms with Crippen molar-refractivity contribution in [1.29, 1.82) is 0 Å². The zero-order valence-electron chi connectivity index (χ0n) is 13.0. The summed E-state index contributed by atoms with van der Waals surface area (Å²) in [6.07, 6.45) is 11.8. The van der Waals surface area contributed by atoms with Crippen molar-refractivity contribution >= 4 is 5.91 Å². The molecule has 0 aromatic heterocycles. The molecule has 1 amide bonds. The minimum atomic E-state index is 0.335. The Kier molecular flexibility index (Phi) is 6.58. The van der Waals surface area contributed by atoms with Crippen molar-refractivity contribution in [2.75, 3.05) is 26.2 Å². The Labute approximate surface area is 123 Å². The van der Waals surface area contributed by atoms with Crippen LogP contribution >= 0.6 is 0 Å². The Morgan fingerprint density at radius 2 is 2.10 bits per heavy atom. The van der Waals surface area contributed by atoms with Crippen LogP contribution in [0.4, 0.5) is 0 Å². The third kappa shape index (κ3) is 5.28. The van der Waals surface area contributed by atoms with Crippen LogP contribution in [-0.4, -0.2) is 37.0 Å². The fourth-order valence-corrected chi connectivity index (χ4v) is 3.12. The number of carbonyl (C=O) groups is 1. The third-order valence-corrected chi connectivity index (χ3v) is 4.66. The summed E-state index contributed by atoms with van der Waals surface area (Å²) >= 11 is 0. The highest BCUT2D eigenvalue weighted by Crippen LogP contribution is 2.19. The van der Waals surface area contributed by atoms with Crippen molar-refractivity contribution in [3.8, 4) is 0 Å².